The quantitative estimate of drug-likeness (QED) is 0.611. The van der Waals surface area contributed by atoms with E-state index >= 15 is 0 Å². The van der Waals surface area contributed by atoms with Crippen LogP contribution < -0.4 is 15.0 Å². The highest BCUT2D eigenvalue weighted by Gasteiger charge is 2.18. The number of piperazine rings is 1. The van der Waals surface area contributed by atoms with Gasteiger partial charge in [-0.3, -0.25) is 4.79 Å². The third-order valence-corrected chi connectivity index (χ3v) is 5.44. The molecule has 0 spiro atoms. The molecule has 1 heterocycles. The van der Waals surface area contributed by atoms with Gasteiger partial charge in [0.25, 0.3) is 0 Å². The van der Waals surface area contributed by atoms with E-state index in [9.17, 15) is 4.79 Å². The summed E-state index contributed by atoms with van der Waals surface area (Å²) in [6.07, 6.45) is 1.11. The maximum atomic E-state index is 12.4. The zero-order valence-electron chi connectivity index (χ0n) is 16.4. The van der Waals surface area contributed by atoms with Gasteiger partial charge in [-0.25, -0.2) is 0 Å². The van der Waals surface area contributed by atoms with Gasteiger partial charge in [-0.1, -0.05) is 41.1 Å². The van der Waals surface area contributed by atoms with Crippen molar-refractivity contribution in [2.75, 3.05) is 49.5 Å². The number of hydrogen-bond acceptors (Lipinski definition) is 4. The Kier molecular flexibility index (Phi) is 7.74. The van der Waals surface area contributed by atoms with Crippen LogP contribution in [0, 0.1) is 0 Å². The molecular formula is C22H28BrN3O2. The third-order valence-electron chi connectivity index (χ3n) is 4.95. The highest BCUT2D eigenvalue weighted by Crippen LogP contribution is 2.27. The second-order valence-electron chi connectivity index (χ2n) is 6.90. The molecule has 1 N–H and O–H groups in total. The Morgan fingerprint density at radius 3 is 2.64 bits per heavy atom. The average molecular weight is 446 g/mol. The topological polar surface area (TPSA) is 44.8 Å². The molecule has 1 fully saturated rings. The van der Waals surface area contributed by atoms with Crippen LogP contribution in [0.2, 0.25) is 0 Å². The first kappa shape index (κ1) is 20.7. The monoisotopic (exact) mass is 445 g/mol. The summed E-state index contributed by atoms with van der Waals surface area (Å²) in [5, 5.41) is 3.08. The molecule has 1 aliphatic heterocycles. The highest BCUT2D eigenvalue weighted by atomic mass is 79.9. The summed E-state index contributed by atoms with van der Waals surface area (Å²) in [7, 11) is 0. The Balaban J connectivity index is 1.47. The summed E-state index contributed by atoms with van der Waals surface area (Å²) in [4.78, 5) is 17.2. The van der Waals surface area contributed by atoms with E-state index in [1.165, 1.54) is 0 Å². The van der Waals surface area contributed by atoms with Gasteiger partial charge in [-0.2, -0.15) is 0 Å². The number of nitrogens with zero attached hydrogens (tertiary/aromatic N) is 2. The summed E-state index contributed by atoms with van der Waals surface area (Å²) in [6.45, 7) is 7.91. The molecule has 1 saturated heterocycles. The van der Waals surface area contributed by atoms with Crippen LogP contribution in [-0.2, 0) is 4.79 Å². The van der Waals surface area contributed by atoms with Crippen LogP contribution >= 0.6 is 15.9 Å². The van der Waals surface area contributed by atoms with Crippen molar-refractivity contribution in [2.45, 2.75) is 19.8 Å². The molecule has 5 nitrogen and oxygen atoms in total. The summed E-state index contributed by atoms with van der Waals surface area (Å²) in [5.41, 5.74) is 2.00. The Bertz CT molecular complexity index is 776. The van der Waals surface area contributed by atoms with Gasteiger partial charge in [0.2, 0.25) is 5.91 Å². The molecule has 0 aromatic heterocycles. The molecule has 3 rings (SSSR count). The number of halogens is 1. The van der Waals surface area contributed by atoms with Crippen molar-refractivity contribution in [1.29, 1.82) is 0 Å². The smallest absolute Gasteiger partial charge is 0.224 e. The molecule has 150 valence electrons. The van der Waals surface area contributed by atoms with Crippen LogP contribution in [0.1, 0.15) is 19.8 Å². The third kappa shape index (κ3) is 5.97. The molecule has 1 aliphatic rings. The Hall–Kier alpha value is -2.05. The molecule has 0 bridgehead atoms. The summed E-state index contributed by atoms with van der Waals surface area (Å²) >= 11 is 3.43. The van der Waals surface area contributed by atoms with Gasteiger partial charge < -0.3 is 19.9 Å². The number of rotatable bonds is 8. The first-order chi connectivity index (χ1) is 13.7. The largest absolute Gasteiger partial charge is 0.494 e. The molecule has 6 heteroatoms. The summed E-state index contributed by atoms with van der Waals surface area (Å²) in [6, 6.07) is 15.8. The number of nitrogens with one attached hydrogen (secondary N) is 1. The van der Waals surface area contributed by atoms with Crippen LogP contribution in [-0.4, -0.2) is 50.1 Å². The number of para-hydroxylation sites is 2. The molecule has 0 aliphatic carbocycles. The van der Waals surface area contributed by atoms with Crippen molar-refractivity contribution in [2.24, 2.45) is 0 Å². The van der Waals surface area contributed by atoms with Gasteiger partial charge in [0, 0.05) is 37.1 Å². The minimum absolute atomic E-state index is 0.0255. The number of carbonyl (C=O) groups is 1. The molecule has 2 aromatic carbocycles. The van der Waals surface area contributed by atoms with Crippen LogP contribution in [0.5, 0.6) is 5.75 Å². The fourth-order valence-corrected chi connectivity index (χ4v) is 3.73. The second kappa shape index (κ2) is 10.5. The lowest BCUT2D eigenvalue weighted by molar-refractivity contribution is -0.116. The lowest BCUT2D eigenvalue weighted by atomic mass is 10.2. The molecular weight excluding hydrogens is 418 g/mol. The molecule has 0 unspecified atom stereocenters. The molecule has 0 radical (unpaired) electrons. The minimum Gasteiger partial charge on any atom is -0.494 e. The van der Waals surface area contributed by atoms with Gasteiger partial charge in [-0.15, -0.1) is 0 Å². The number of ether oxygens (including phenoxy) is 1. The summed E-state index contributed by atoms with van der Waals surface area (Å²) in [5.74, 6) is 0.837. The minimum atomic E-state index is 0.0255. The van der Waals surface area contributed by atoms with E-state index in [-0.39, 0.29) is 5.91 Å². The number of carbonyl (C=O) groups excluding carboxylic acids is 1. The molecule has 28 heavy (non-hydrogen) atoms. The van der Waals surface area contributed by atoms with Crippen molar-refractivity contribution in [1.82, 2.24) is 4.90 Å². The maximum Gasteiger partial charge on any atom is 0.224 e. The molecule has 0 saturated carbocycles. The van der Waals surface area contributed by atoms with Gasteiger partial charge in [-0.05, 0) is 43.3 Å². The maximum absolute atomic E-state index is 12.4. The van der Waals surface area contributed by atoms with Crippen LogP contribution in [0.3, 0.4) is 0 Å². The number of benzene rings is 2. The Labute approximate surface area is 175 Å². The fourth-order valence-electron chi connectivity index (χ4n) is 3.35. The van der Waals surface area contributed by atoms with Crippen LogP contribution in [0.25, 0.3) is 0 Å². The first-order valence-corrected chi connectivity index (χ1v) is 10.7. The number of amides is 1. The predicted octanol–water partition coefficient (Wildman–Crippen LogP) is 4.39. The van der Waals surface area contributed by atoms with Crippen molar-refractivity contribution in [3.05, 3.63) is 53.0 Å². The Morgan fingerprint density at radius 2 is 1.89 bits per heavy atom. The second-order valence-corrected chi connectivity index (χ2v) is 7.81. The molecule has 1 amide bonds. The van der Waals surface area contributed by atoms with E-state index in [1.807, 2.05) is 42.5 Å². The lowest BCUT2D eigenvalue weighted by Crippen LogP contribution is -2.46. The van der Waals surface area contributed by atoms with E-state index in [4.69, 9.17) is 4.74 Å². The van der Waals surface area contributed by atoms with Crippen molar-refractivity contribution in [3.8, 4) is 5.75 Å². The molecule has 0 atom stereocenters. The SMILES string of the molecule is CCN1CCN(c2ccccc2NC(=O)CCCOc2cccc(Br)c2)CC1. The Morgan fingerprint density at radius 1 is 1.11 bits per heavy atom. The van der Waals surface area contributed by atoms with E-state index in [0.717, 1.165) is 54.3 Å². The predicted molar refractivity (Wildman–Crippen MR) is 118 cm³/mol. The van der Waals surface area contributed by atoms with Crippen molar-refractivity contribution < 1.29 is 9.53 Å². The van der Waals surface area contributed by atoms with Gasteiger partial charge >= 0.3 is 0 Å². The van der Waals surface area contributed by atoms with Crippen molar-refractivity contribution in [3.63, 3.8) is 0 Å². The van der Waals surface area contributed by atoms with E-state index in [0.29, 0.717) is 19.4 Å². The highest BCUT2D eigenvalue weighted by molar-refractivity contribution is 9.10. The standard InChI is InChI=1S/C22H28BrN3O2/c1-2-25-12-14-26(15-13-25)21-10-4-3-9-20(21)24-22(27)11-6-16-28-19-8-5-7-18(23)17-19/h3-5,7-10,17H,2,6,11-16H2,1H3,(H,24,27). The average Bonchev–Trinajstić information content (AvgIpc) is 2.72. The van der Waals surface area contributed by atoms with E-state index in [2.05, 4.69) is 44.0 Å². The van der Waals surface area contributed by atoms with Crippen LogP contribution in [0.4, 0.5) is 11.4 Å². The van der Waals surface area contributed by atoms with Gasteiger partial charge in [0.15, 0.2) is 0 Å². The summed E-state index contributed by atoms with van der Waals surface area (Å²) < 4.78 is 6.69. The van der Waals surface area contributed by atoms with Crippen molar-refractivity contribution >= 4 is 33.2 Å². The number of likely N-dealkylation sites (N-methyl/N-ethyl adjacent to an activating group) is 1. The number of hydrogen-bond donors (Lipinski definition) is 1. The first-order valence-electron chi connectivity index (χ1n) is 9.90. The molecule has 2 aromatic rings. The van der Waals surface area contributed by atoms with Gasteiger partial charge in [0.1, 0.15) is 5.75 Å². The lowest BCUT2D eigenvalue weighted by Gasteiger charge is -2.36. The van der Waals surface area contributed by atoms with E-state index < -0.39 is 0 Å². The normalized spacial score (nSPS) is 14.7. The van der Waals surface area contributed by atoms with Gasteiger partial charge in [0.05, 0.1) is 18.0 Å². The fraction of sp³-hybridized carbons (Fsp3) is 0.409. The van der Waals surface area contributed by atoms with Crippen LogP contribution in [0.15, 0.2) is 53.0 Å². The van der Waals surface area contributed by atoms with E-state index in [1.54, 1.807) is 0 Å². The zero-order chi connectivity index (χ0) is 19.8. The number of anilines is 2. The zero-order valence-corrected chi connectivity index (χ0v) is 18.0.